The standard InChI is InChI=1S/C12H22N2O3/c1-4-6-9(10(15)16)13-11(17)14-8-5-7-12(14,2)3/h9H,4-8H2,1-3H3,(H,13,17)(H,15,16). The van der Waals surface area contributed by atoms with Crippen molar-refractivity contribution >= 4 is 12.0 Å². The van der Waals surface area contributed by atoms with E-state index in [0.29, 0.717) is 13.0 Å². The molecular weight excluding hydrogens is 220 g/mol. The largest absolute Gasteiger partial charge is 0.480 e. The Morgan fingerprint density at radius 3 is 2.53 bits per heavy atom. The maximum Gasteiger partial charge on any atom is 0.326 e. The molecule has 1 saturated heterocycles. The molecule has 0 saturated carbocycles. The van der Waals surface area contributed by atoms with E-state index in [4.69, 9.17) is 5.11 Å². The van der Waals surface area contributed by atoms with Crippen LogP contribution < -0.4 is 5.32 Å². The summed E-state index contributed by atoms with van der Waals surface area (Å²) in [6.07, 6.45) is 3.15. The highest BCUT2D eigenvalue weighted by atomic mass is 16.4. The molecule has 0 aromatic heterocycles. The predicted octanol–water partition coefficient (Wildman–Crippen LogP) is 1.82. The van der Waals surface area contributed by atoms with Crippen LogP contribution in [0.15, 0.2) is 0 Å². The van der Waals surface area contributed by atoms with E-state index in [1.807, 2.05) is 20.8 Å². The molecule has 5 nitrogen and oxygen atoms in total. The van der Waals surface area contributed by atoms with Gasteiger partial charge in [0.25, 0.3) is 0 Å². The molecule has 1 aliphatic rings. The molecule has 98 valence electrons. The van der Waals surface area contributed by atoms with Gasteiger partial charge in [0.1, 0.15) is 6.04 Å². The average molecular weight is 242 g/mol. The van der Waals surface area contributed by atoms with Crippen molar-refractivity contribution in [2.75, 3.05) is 6.54 Å². The van der Waals surface area contributed by atoms with E-state index >= 15 is 0 Å². The zero-order valence-electron chi connectivity index (χ0n) is 10.8. The Kier molecular flexibility index (Phi) is 4.37. The third kappa shape index (κ3) is 3.35. The van der Waals surface area contributed by atoms with Gasteiger partial charge in [-0.05, 0) is 33.1 Å². The normalized spacial score (nSPS) is 20.1. The van der Waals surface area contributed by atoms with Gasteiger partial charge < -0.3 is 15.3 Å². The van der Waals surface area contributed by atoms with E-state index in [-0.39, 0.29) is 11.6 Å². The van der Waals surface area contributed by atoms with Crippen LogP contribution in [-0.4, -0.2) is 40.1 Å². The van der Waals surface area contributed by atoms with Crippen molar-refractivity contribution in [2.24, 2.45) is 0 Å². The minimum Gasteiger partial charge on any atom is -0.480 e. The molecule has 5 heteroatoms. The summed E-state index contributed by atoms with van der Waals surface area (Å²) >= 11 is 0. The van der Waals surface area contributed by atoms with Crippen molar-refractivity contribution in [3.05, 3.63) is 0 Å². The first kappa shape index (κ1) is 13.8. The summed E-state index contributed by atoms with van der Waals surface area (Å²) in [4.78, 5) is 24.7. The number of urea groups is 1. The van der Waals surface area contributed by atoms with Crippen molar-refractivity contribution < 1.29 is 14.7 Å². The van der Waals surface area contributed by atoms with E-state index < -0.39 is 12.0 Å². The fraction of sp³-hybridized carbons (Fsp3) is 0.833. The number of nitrogens with zero attached hydrogens (tertiary/aromatic N) is 1. The van der Waals surface area contributed by atoms with Gasteiger partial charge in [-0.25, -0.2) is 9.59 Å². The second kappa shape index (κ2) is 5.38. The fourth-order valence-corrected chi connectivity index (χ4v) is 2.26. The van der Waals surface area contributed by atoms with Crippen LogP contribution in [0.25, 0.3) is 0 Å². The molecule has 17 heavy (non-hydrogen) atoms. The van der Waals surface area contributed by atoms with Gasteiger partial charge in [0.2, 0.25) is 0 Å². The van der Waals surface area contributed by atoms with Gasteiger partial charge in [-0.3, -0.25) is 0 Å². The minimum absolute atomic E-state index is 0.167. The Balaban J connectivity index is 2.61. The smallest absolute Gasteiger partial charge is 0.326 e. The van der Waals surface area contributed by atoms with E-state index in [2.05, 4.69) is 5.32 Å². The molecule has 2 N–H and O–H groups in total. The lowest BCUT2D eigenvalue weighted by Gasteiger charge is -2.32. The van der Waals surface area contributed by atoms with Crippen LogP contribution in [0.3, 0.4) is 0 Å². The molecule has 1 atom stereocenters. The number of carboxylic acid groups (broad SMARTS) is 1. The lowest BCUT2D eigenvalue weighted by Crippen LogP contribution is -2.52. The van der Waals surface area contributed by atoms with Crippen LogP contribution in [0.2, 0.25) is 0 Å². The summed E-state index contributed by atoms with van der Waals surface area (Å²) in [7, 11) is 0. The van der Waals surface area contributed by atoms with Crippen molar-refractivity contribution in [1.29, 1.82) is 0 Å². The van der Waals surface area contributed by atoms with Crippen LogP contribution in [0.4, 0.5) is 4.79 Å². The molecule has 2 amide bonds. The molecule has 0 aromatic carbocycles. The van der Waals surface area contributed by atoms with Crippen LogP contribution in [0.5, 0.6) is 0 Å². The van der Waals surface area contributed by atoms with E-state index in [1.165, 1.54) is 0 Å². The monoisotopic (exact) mass is 242 g/mol. The highest BCUT2D eigenvalue weighted by molar-refractivity contribution is 5.83. The molecule has 1 rings (SSSR count). The molecule has 0 aliphatic carbocycles. The van der Waals surface area contributed by atoms with Crippen LogP contribution in [0.1, 0.15) is 46.5 Å². The topological polar surface area (TPSA) is 69.6 Å². The summed E-state index contributed by atoms with van der Waals surface area (Å²) in [6.45, 7) is 6.63. The number of carbonyl (C=O) groups is 2. The van der Waals surface area contributed by atoms with Crippen molar-refractivity contribution in [1.82, 2.24) is 10.2 Å². The molecule has 1 unspecified atom stereocenters. The lowest BCUT2D eigenvalue weighted by molar-refractivity contribution is -0.139. The van der Waals surface area contributed by atoms with E-state index in [9.17, 15) is 9.59 Å². The van der Waals surface area contributed by atoms with Gasteiger partial charge in [-0.1, -0.05) is 13.3 Å². The molecule has 0 radical (unpaired) electrons. The second-order valence-corrected chi connectivity index (χ2v) is 5.20. The third-order valence-corrected chi connectivity index (χ3v) is 3.32. The van der Waals surface area contributed by atoms with Gasteiger partial charge in [0.05, 0.1) is 0 Å². The predicted molar refractivity (Wildman–Crippen MR) is 64.9 cm³/mol. The zero-order valence-corrected chi connectivity index (χ0v) is 10.8. The van der Waals surface area contributed by atoms with Crippen LogP contribution in [-0.2, 0) is 4.79 Å². The maximum atomic E-state index is 12.0. The third-order valence-electron chi connectivity index (χ3n) is 3.32. The maximum absolute atomic E-state index is 12.0. The first-order chi connectivity index (χ1) is 7.88. The Morgan fingerprint density at radius 2 is 2.12 bits per heavy atom. The highest BCUT2D eigenvalue weighted by Crippen LogP contribution is 2.28. The first-order valence-electron chi connectivity index (χ1n) is 6.19. The average Bonchev–Trinajstić information content (AvgIpc) is 2.57. The van der Waals surface area contributed by atoms with E-state index in [1.54, 1.807) is 4.90 Å². The van der Waals surface area contributed by atoms with Crippen molar-refractivity contribution in [3.63, 3.8) is 0 Å². The number of hydrogen-bond donors (Lipinski definition) is 2. The summed E-state index contributed by atoms with van der Waals surface area (Å²) in [5, 5.41) is 11.6. The SMILES string of the molecule is CCCC(NC(=O)N1CCCC1(C)C)C(=O)O. The number of aliphatic carboxylic acids is 1. The quantitative estimate of drug-likeness (QED) is 0.790. The summed E-state index contributed by atoms with van der Waals surface area (Å²) < 4.78 is 0. The van der Waals surface area contributed by atoms with Crippen molar-refractivity contribution in [2.45, 2.75) is 58.0 Å². The van der Waals surface area contributed by atoms with Gasteiger partial charge in [-0.2, -0.15) is 0 Å². The zero-order chi connectivity index (χ0) is 13.1. The molecule has 1 heterocycles. The number of carboxylic acids is 1. The number of likely N-dealkylation sites (tertiary alicyclic amines) is 1. The molecule has 1 aliphatic heterocycles. The van der Waals surface area contributed by atoms with Gasteiger partial charge >= 0.3 is 12.0 Å². The van der Waals surface area contributed by atoms with Crippen LogP contribution >= 0.6 is 0 Å². The number of hydrogen-bond acceptors (Lipinski definition) is 2. The van der Waals surface area contributed by atoms with E-state index in [0.717, 1.165) is 19.3 Å². The Morgan fingerprint density at radius 1 is 1.47 bits per heavy atom. The Hall–Kier alpha value is -1.26. The molecular formula is C12H22N2O3. The van der Waals surface area contributed by atoms with Gasteiger partial charge in [0.15, 0.2) is 0 Å². The number of amides is 2. The molecule has 0 spiro atoms. The second-order valence-electron chi connectivity index (χ2n) is 5.20. The minimum atomic E-state index is -0.961. The van der Waals surface area contributed by atoms with Gasteiger partial charge in [-0.15, -0.1) is 0 Å². The van der Waals surface area contributed by atoms with Crippen LogP contribution in [0, 0.1) is 0 Å². The van der Waals surface area contributed by atoms with Gasteiger partial charge in [0, 0.05) is 12.1 Å². The number of carbonyl (C=O) groups excluding carboxylic acids is 1. The number of nitrogens with one attached hydrogen (secondary N) is 1. The first-order valence-corrected chi connectivity index (χ1v) is 6.19. The molecule has 0 aromatic rings. The summed E-state index contributed by atoms with van der Waals surface area (Å²) in [6, 6.07) is -1.03. The summed E-state index contributed by atoms with van der Waals surface area (Å²) in [5.41, 5.74) is -0.167. The summed E-state index contributed by atoms with van der Waals surface area (Å²) in [5.74, 6) is -0.961. The Labute approximate surface area is 102 Å². The van der Waals surface area contributed by atoms with Crippen molar-refractivity contribution in [3.8, 4) is 0 Å². The Bertz CT molecular complexity index is 302. The highest BCUT2D eigenvalue weighted by Gasteiger charge is 2.36. The molecule has 1 fully saturated rings. The number of rotatable bonds is 4. The lowest BCUT2D eigenvalue weighted by atomic mass is 10.0. The molecule has 0 bridgehead atoms. The fourth-order valence-electron chi connectivity index (χ4n) is 2.26.